The lowest BCUT2D eigenvalue weighted by atomic mass is 10.1. The topological polar surface area (TPSA) is 87.1 Å². The van der Waals surface area contributed by atoms with Gasteiger partial charge >= 0.3 is 5.97 Å². The summed E-state index contributed by atoms with van der Waals surface area (Å²) in [4.78, 5) is 25.1. The van der Waals surface area contributed by atoms with Gasteiger partial charge in [-0.15, -0.1) is 0 Å². The fourth-order valence-electron chi connectivity index (χ4n) is 2.13. The van der Waals surface area contributed by atoms with Crippen LogP contribution < -0.4 is 4.74 Å². The van der Waals surface area contributed by atoms with Gasteiger partial charge in [-0.3, -0.25) is 9.59 Å². The van der Waals surface area contributed by atoms with E-state index in [-0.39, 0.29) is 29.8 Å². The second kappa shape index (κ2) is 6.03. The Bertz CT molecular complexity index is 553. The van der Waals surface area contributed by atoms with Gasteiger partial charge in [0.2, 0.25) is 0 Å². The zero-order valence-electron chi connectivity index (χ0n) is 12.1. The highest BCUT2D eigenvalue weighted by atomic mass is 16.5. The van der Waals surface area contributed by atoms with Gasteiger partial charge in [-0.25, -0.2) is 0 Å². The molecule has 1 saturated carbocycles. The fraction of sp³-hybridized carbons (Fsp3) is 0.467. The second-order valence-corrected chi connectivity index (χ2v) is 5.31. The molecule has 0 aromatic heterocycles. The van der Waals surface area contributed by atoms with Crippen molar-refractivity contribution in [2.75, 3.05) is 13.7 Å². The van der Waals surface area contributed by atoms with Gasteiger partial charge in [0.25, 0.3) is 5.91 Å². The molecule has 21 heavy (non-hydrogen) atoms. The molecule has 6 heteroatoms. The van der Waals surface area contributed by atoms with Gasteiger partial charge in [0.1, 0.15) is 11.5 Å². The number of aliphatic carboxylic acids is 1. The van der Waals surface area contributed by atoms with Crippen LogP contribution in [-0.4, -0.2) is 46.7 Å². The van der Waals surface area contributed by atoms with Gasteiger partial charge in [0.15, 0.2) is 0 Å². The number of hydrogen-bond acceptors (Lipinski definition) is 4. The van der Waals surface area contributed by atoms with Crippen molar-refractivity contribution in [3.63, 3.8) is 0 Å². The number of benzene rings is 1. The SMILES string of the molecule is COc1ccc(C(=O)N(CC(C)C(=O)O)C2CC2)c(O)c1. The Morgan fingerprint density at radius 1 is 1.43 bits per heavy atom. The highest BCUT2D eigenvalue weighted by molar-refractivity contribution is 5.97. The number of hydrogen-bond donors (Lipinski definition) is 2. The lowest BCUT2D eigenvalue weighted by Crippen LogP contribution is -2.38. The first-order chi connectivity index (χ1) is 9.93. The summed E-state index contributed by atoms with van der Waals surface area (Å²) in [6.45, 7) is 1.71. The third kappa shape index (κ3) is 3.45. The third-order valence-corrected chi connectivity index (χ3v) is 3.58. The molecular formula is C15H19NO5. The number of ether oxygens (including phenoxy) is 1. The second-order valence-electron chi connectivity index (χ2n) is 5.31. The number of amides is 1. The van der Waals surface area contributed by atoms with E-state index in [2.05, 4.69) is 0 Å². The Balaban J connectivity index is 2.20. The van der Waals surface area contributed by atoms with Crippen LogP contribution >= 0.6 is 0 Å². The van der Waals surface area contributed by atoms with Gasteiger partial charge in [0.05, 0.1) is 18.6 Å². The summed E-state index contributed by atoms with van der Waals surface area (Å²) in [6, 6.07) is 4.54. The van der Waals surface area contributed by atoms with Crippen LogP contribution in [0.3, 0.4) is 0 Å². The minimum atomic E-state index is -0.938. The summed E-state index contributed by atoms with van der Waals surface area (Å²) < 4.78 is 4.98. The van der Waals surface area contributed by atoms with Crippen LogP contribution in [0.5, 0.6) is 11.5 Å². The molecule has 0 bridgehead atoms. The first kappa shape index (κ1) is 15.2. The predicted octanol–water partition coefficient (Wildman–Crippen LogP) is 1.73. The van der Waals surface area contributed by atoms with Gasteiger partial charge in [-0.05, 0) is 25.0 Å². The van der Waals surface area contributed by atoms with Crippen molar-refractivity contribution in [3.05, 3.63) is 23.8 Å². The molecule has 1 amide bonds. The van der Waals surface area contributed by atoms with Gasteiger partial charge < -0.3 is 19.8 Å². The molecule has 1 aliphatic rings. The Morgan fingerprint density at radius 2 is 2.10 bits per heavy atom. The number of carbonyl (C=O) groups excluding carboxylic acids is 1. The maximum absolute atomic E-state index is 12.5. The average Bonchev–Trinajstić information content (AvgIpc) is 3.27. The van der Waals surface area contributed by atoms with Crippen molar-refractivity contribution in [2.24, 2.45) is 5.92 Å². The van der Waals surface area contributed by atoms with Crippen LogP contribution in [-0.2, 0) is 4.79 Å². The van der Waals surface area contributed by atoms with E-state index >= 15 is 0 Å². The molecule has 114 valence electrons. The van der Waals surface area contributed by atoms with E-state index in [1.54, 1.807) is 17.9 Å². The van der Waals surface area contributed by atoms with Crippen LogP contribution in [0.25, 0.3) is 0 Å². The van der Waals surface area contributed by atoms with Crippen LogP contribution in [0.15, 0.2) is 18.2 Å². The van der Waals surface area contributed by atoms with Crippen LogP contribution in [0.2, 0.25) is 0 Å². The van der Waals surface area contributed by atoms with Gasteiger partial charge in [-0.2, -0.15) is 0 Å². The van der Waals surface area contributed by atoms with E-state index in [1.807, 2.05) is 0 Å². The first-order valence-corrected chi connectivity index (χ1v) is 6.84. The summed E-state index contributed by atoms with van der Waals surface area (Å²) in [5.41, 5.74) is 0.167. The first-order valence-electron chi connectivity index (χ1n) is 6.84. The van der Waals surface area contributed by atoms with E-state index in [0.29, 0.717) is 5.75 Å². The minimum Gasteiger partial charge on any atom is -0.507 e. The molecule has 1 aromatic carbocycles. The Hall–Kier alpha value is -2.24. The van der Waals surface area contributed by atoms with Crippen molar-refractivity contribution in [3.8, 4) is 11.5 Å². The Morgan fingerprint density at radius 3 is 2.57 bits per heavy atom. The van der Waals surface area contributed by atoms with E-state index in [9.17, 15) is 14.7 Å². The Labute approximate surface area is 122 Å². The van der Waals surface area contributed by atoms with Crippen molar-refractivity contribution < 1.29 is 24.5 Å². The highest BCUT2D eigenvalue weighted by Gasteiger charge is 2.35. The number of carboxylic acids is 1. The van der Waals surface area contributed by atoms with Crippen molar-refractivity contribution >= 4 is 11.9 Å². The van der Waals surface area contributed by atoms with Crippen LogP contribution in [0.4, 0.5) is 0 Å². The molecule has 2 rings (SSSR count). The zero-order valence-corrected chi connectivity index (χ0v) is 12.1. The number of carboxylic acid groups (broad SMARTS) is 1. The lowest BCUT2D eigenvalue weighted by molar-refractivity contribution is -0.141. The molecule has 0 aliphatic heterocycles. The van der Waals surface area contributed by atoms with Crippen LogP contribution in [0, 0.1) is 5.92 Å². The summed E-state index contributed by atoms with van der Waals surface area (Å²) in [5.74, 6) is -1.62. The predicted molar refractivity (Wildman–Crippen MR) is 75.5 cm³/mol. The molecule has 1 fully saturated rings. The number of carbonyl (C=O) groups is 2. The number of methoxy groups -OCH3 is 1. The molecular weight excluding hydrogens is 274 g/mol. The molecule has 0 heterocycles. The number of nitrogens with zero attached hydrogens (tertiary/aromatic N) is 1. The van der Waals surface area contributed by atoms with E-state index in [0.717, 1.165) is 12.8 Å². The number of phenols is 1. The van der Waals surface area contributed by atoms with Crippen LogP contribution in [0.1, 0.15) is 30.1 Å². The van der Waals surface area contributed by atoms with E-state index in [4.69, 9.17) is 9.84 Å². The fourth-order valence-corrected chi connectivity index (χ4v) is 2.13. The quantitative estimate of drug-likeness (QED) is 0.834. The third-order valence-electron chi connectivity index (χ3n) is 3.58. The smallest absolute Gasteiger partial charge is 0.308 e. The number of aromatic hydroxyl groups is 1. The zero-order chi connectivity index (χ0) is 15.6. The molecule has 1 aromatic rings. The molecule has 0 radical (unpaired) electrons. The maximum atomic E-state index is 12.5. The average molecular weight is 293 g/mol. The molecule has 1 aliphatic carbocycles. The minimum absolute atomic E-state index is 0.0702. The van der Waals surface area contributed by atoms with Crippen molar-refractivity contribution in [1.82, 2.24) is 4.90 Å². The van der Waals surface area contributed by atoms with Crippen molar-refractivity contribution in [1.29, 1.82) is 0 Å². The molecule has 2 N–H and O–H groups in total. The summed E-state index contributed by atoms with van der Waals surface area (Å²) in [6.07, 6.45) is 1.74. The number of phenolic OH excluding ortho intramolecular Hbond substituents is 1. The lowest BCUT2D eigenvalue weighted by Gasteiger charge is -2.24. The summed E-state index contributed by atoms with van der Waals surface area (Å²) in [5, 5.41) is 18.9. The standard InChI is InChI=1S/C15H19NO5/c1-9(15(19)20)8-16(10-3-4-10)14(18)12-6-5-11(21-2)7-13(12)17/h5-7,9-10,17H,3-4,8H2,1-2H3,(H,19,20). The summed E-state index contributed by atoms with van der Waals surface area (Å²) >= 11 is 0. The molecule has 0 saturated heterocycles. The molecule has 0 spiro atoms. The molecule has 1 atom stereocenters. The highest BCUT2D eigenvalue weighted by Crippen LogP contribution is 2.32. The van der Waals surface area contributed by atoms with Gasteiger partial charge in [0, 0.05) is 18.7 Å². The van der Waals surface area contributed by atoms with Gasteiger partial charge in [-0.1, -0.05) is 6.92 Å². The van der Waals surface area contributed by atoms with E-state index < -0.39 is 11.9 Å². The van der Waals surface area contributed by atoms with E-state index in [1.165, 1.54) is 19.2 Å². The normalized spacial score (nSPS) is 15.3. The summed E-state index contributed by atoms with van der Waals surface area (Å²) in [7, 11) is 1.47. The van der Waals surface area contributed by atoms with Crippen molar-refractivity contribution in [2.45, 2.75) is 25.8 Å². The molecule has 1 unspecified atom stereocenters. The molecule has 6 nitrogen and oxygen atoms in total. The maximum Gasteiger partial charge on any atom is 0.308 e. The monoisotopic (exact) mass is 293 g/mol. The largest absolute Gasteiger partial charge is 0.507 e. The number of rotatable bonds is 6. The Kier molecular flexibility index (Phi) is 4.35.